The molecule has 3 heteroatoms. The average molecular weight is 200 g/mol. The summed E-state index contributed by atoms with van der Waals surface area (Å²) in [7, 11) is 2.10. The SMILES string of the molecule is CCCC(N)C(CO)N(C)C1CCC1. The first-order valence-corrected chi connectivity index (χ1v) is 5.79. The van der Waals surface area contributed by atoms with Gasteiger partial charge in [0.2, 0.25) is 0 Å². The molecule has 84 valence electrons. The molecule has 14 heavy (non-hydrogen) atoms. The standard InChI is InChI=1S/C11H24N2O/c1-3-5-10(12)11(8-14)13(2)9-6-4-7-9/h9-11,14H,3-8,12H2,1-2H3. The number of likely N-dealkylation sites (N-methyl/N-ethyl adjacent to an activating group) is 1. The van der Waals surface area contributed by atoms with E-state index in [2.05, 4.69) is 18.9 Å². The van der Waals surface area contributed by atoms with Crippen molar-refractivity contribution in [3.05, 3.63) is 0 Å². The van der Waals surface area contributed by atoms with Crippen molar-refractivity contribution in [2.75, 3.05) is 13.7 Å². The van der Waals surface area contributed by atoms with Crippen molar-refractivity contribution in [1.29, 1.82) is 0 Å². The second-order valence-corrected chi connectivity index (χ2v) is 4.45. The molecule has 0 radical (unpaired) electrons. The van der Waals surface area contributed by atoms with Gasteiger partial charge in [-0.15, -0.1) is 0 Å². The van der Waals surface area contributed by atoms with Gasteiger partial charge in [-0.2, -0.15) is 0 Å². The molecule has 0 aromatic rings. The third kappa shape index (κ3) is 2.69. The number of nitrogens with zero attached hydrogens (tertiary/aromatic N) is 1. The van der Waals surface area contributed by atoms with Crippen LogP contribution in [0.15, 0.2) is 0 Å². The summed E-state index contributed by atoms with van der Waals surface area (Å²) in [5.41, 5.74) is 6.05. The fraction of sp³-hybridized carbons (Fsp3) is 1.00. The Morgan fingerprint density at radius 3 is 2.50 bits per heavy atom. The monoisotopic (exact) mass is 200 g/mol. The minimum Gasteiger partial charge on any atom is -0.395 e. The molecule has 0 saturated heterocycles. The van der Waals surface area contributed by atoms with Gasteiger partial charge < -0.3 is 10.8 Å². The van der Waals surface area contributed by atoms with Gasteiger partial charge in [0.05, 0.1) is 6.61 Å². The van der Waals surface area contributed by atoms with Crippen molar-refractivity contribution in [2.24, 2.45) is 5.73 Å². The first-order chi connectivity index (χ1) is 6.70. The zero-order valence-corrected chi connectivity index (χ0v) is 9.45. The Hall–Kier alpha value is -0.120. The largest absolute Gasteiger partial charge is 0.395 e. The van der Waals surface area contributed by atoms with E-state index in [0.717, 1.165) is 12.8 Å². The number of aliphatic hydroxyl groups excluding tert-OH is 1. The number of nitrogens with two attached hydrogens (primary N) is 1. The van der Waals surface area contributed by atoms with E-state index in [0.29, 0.717) is 6.04 Å². The number of hydrogen-bond donors (Lipinski definition) is 2. The van der Waals surface area contributed by atoms with Gasteiger partial charge in [-0.05, 0) is 26.3 Å². The highest BCUT2D eigenvalue weighted by Gasteiger charge is 2.29. The molecule has 0 bridgehead atoms. The zero-order chi connectivity index (χ0) is 10.6. The molecule has 2 atom stereocenters. The summed E-state index contributed by atoms with van der Waals surface area (Å²) in [4.78, 5) is 2.28. The summed E-state index contributed by atoms with van der Waals surface area (Å²) < 4.78 is 0. The van der Waals surface area contributed by atoms with E-state index >= 15 is 0 Å². The third-order valence-corrected chi connectivity index (χ3v) is 3.48. The van der Waals surface area contributed by atoms with Crippen LogP contribution < -0.4 is 5.73 Å². The Balaban J connectivity index is 2.41. The van der Waals surface area contributed by atoms with Gasteiger partial charge in [0, 0.05) is 18.1 Å². The first kappa shape index (κ1) is 12.0. The van der Waals surface area contributed by atoms with Gasteiger partial charge in [0.15, 0.2) is 0 Å². The van der Waals surface area contributed by atoms with Gasteiger partial charge in [-0.25, -0.2) is 0 Å². The van der Waals surface area contributed by atoms with Gasteiger partial charge >= 0.3 is 0 Å². The molecule has 1 saturated carbocycles. The fourth-order valence-corrected chi connectivity index (χ4v) is 2.16. The molecule has 0 aromatic heterocycles. The molecule has 2 unspecified atom stereocenters. The quantitative estimate of drug-likeness (QED) is 0.671. The summed E-state index contributed by atoms with van der Waals surface area (Å²) in [5, 5.41) is 9.34. The fourth-order valence-electron chi connectivity index (χ4n) is 2.16. The van der Waals surface area contributed by atoms with Crippen molar-refractivity contribution < 1.29 is 5.11 Å². The third-order valence-electron chi connectivity index (χ3n) is 3.48. The second kappa shape index (κ2) is 5.69. The van der Waals surface area contributed by atoms with Crippen LogP contribution in [0.2, 0.25) is 0 Å². The van der Waals surface area contributed by atoms with Gasteiger partial charge in [0.25, 0.3) is 0 Å². The maximum absolute atomic E-state index is 9.34. The van der Waals surface area contributed by atoms with Crippen molar-refractivity contribution in [2.45, 2.75) is 57.2 Å². The lowest BCUT2D eigenvalue weighted by molar-refractivity contribution is 0.0554. The topological polar surface area (TPSA) is 49.5 Å². The molecule has 1 aliphatic carbocycles. The Kier molecular flexibility index (Phi) is 4.85. The Bertz CT molecular complexity index is 159. The van der Waals surface area contributed by atoms with E-state index in [9.17, 15) is 5.11 Å². The predicted octanol–water partition coefficient (Wildman–Crippen LogP) is 0.959. The molecular weight excluding hydrogens is 176 g/mol. The average Bonchev–Trinajstić information content (AvgIpc) is 2.02. The Morgan fingerprint density at radius 1 is 1.50 bits per heavy atom. The molecule has 1 aliphatic rings. The van der Waals surface area contributed by atoms with Crippen LogP contribution in [0.25, 0.3) is 0 Å². The Morgan fingerprint density at radius 2 is 2.14 bits per heavy atom. The zero-order valence-electron chi connectivity index (χ0n) is 9.45. The minimum absolute atomic E-state index is 0.121. The molecule has 0 aliphatic heterocycles. The van der Waals surface area contributed by atoms with E-state index < -0.39 is 0 Å². The highest BCUT2D eigenvalue weighted by molar-refractivity contribution is 4.87. The van der Waals surface area contributed by atoms with Crippen LogP contribution in [0.1, 0.15) is 39.0 Å². The van der Waals surface area contributed by atoms with E-state index in [4.69, 9.17) is 5.73 Å². The molecule has 1 rings (SSSR count). The summed E-state index contributed by atoms with van der Waals surface area (Å²) in [6.07, 6.45) is 5.96. The Labute approximate surface area is 87.3 Å². The molecule has 0 spiro atoms. The summed E-state index contributed by atoms with van der Waals surface area (Å²) in [5.74, 6) is 0. The molecule has 3 nitrogen and oxygen atoms in total. The summed E-state index contributed by atoms with van der Waals surface area (Å²) in [6, 6.07) is 0.936. The molecule has 3 N–H and O–H groups in total. The maximum atomic E-state index is 9.34. The molecule has 0 aromatic carbocycles. The summed E-state index contributed by atoms with van der Waals surface area (Å²) >= 11 is 0. The smallest absolute Gasteiger partial charge is 0.0601 e. The van der Waals surface area contributed by atoms with E-state index in [1.807, 2.05) is 0 Å². The highest BCUT2D eigenvalue weighted by atomic mass is 16.3. The van der Waals surface area contributed by atoms with E-state index in [1.54, 1.807) is 0 Å². The van der Waals surface area contributed by atoms with Crippen molar-refractivity contribution in [3.8, 4) is 0 Å². The van der Waals surface area contributed by atoms with Crippen LogP contribution in [0, 0.1) is 0 Å². The highest BCUT2D eigenvalue weighted by Crippen LogP contribution is 2.26. The summed E-state index contributed by atoms with van der Waals surface area (Å²) in [6.45, 7) is 2.33. The number of rotatable bonds is 6. The van der Waals surface area contributed by atoms with E-state index in [-0.39, 0.29) is 18.7 Å². The molecular formula is C11H24N2O. The number of hydrogen-bond acceptors (Lipinski definition) is 3. The van der Waals surface area contributed by atoms with Crippen LogP contribution in [0.4, 0.5) is 0 Å². The van der Waals surface area contributed by atoms with E-state index in [1.165, 1.54) is 19.3 Å². The van der Waals surface area contributed by atoms with Crippen molar-refractivity contribution >= 4 is 0 Å². The van der Waals surface area contributed by atoms with Crippen LogP contribution >= 0.6 is 0 Å². The van der Waals surface area contributed by atoms with Crippen LogP contribution in [0.5, 0.6) is 0 Å². The van der Waals surface area contributed by atoms with Crippen LogP contribution in [-0.2, 0) is 0 Å². The van der Waals surface area contributed by atoms with Gasteiger partial charge in [-0.3, -0.25) is 4.90 Å². The normalized spacial score (nSPS) is 22.1. The van der Waals surface area contributed by atoms with Crippen LogP contribution in [0.3, 0.4) is 0 Å². The lowest BCUT2D eigenvalue weighted by Gasteiger charge is -2.41. The second-order valence-electron chi connectivity index (χ2n) is 4.45. The maximum Gasteiger partial charge on any atom is 0.0601 e. The molecule has 0 heterocycles. The van der Waals surface area contributed by atoms with Gasteiger partial charge in [0.1, 0.15) is 0 Å². The van der Waals surface area contributed by atoms with Crippen molar-refractivity contribution in [3.63, 3.8) is 0 Å². The predicted molar refractivity (Wildman–Crippen MR) is 59.2 cm³/mol. The lowest BCUT2D eigenvalue weighted by atomic mass is 9.89. The van der Waals surface area contributed by atoms with Crippen LogP contribution in [-0.4, -0.2) is 41.8 Å². The molecule has 0 amide bonds. The van der Waals surface area contributed by atoms with Crippen molar-refractivity contribution in [1.82, 2.24) is 4.90 Å². The number of aliphatic hydroxyl groups is 1. The van der Waals surface area contributed by atoms with Gasteiger partial charge in [-0.1, -0.05) is 19.8 Å². The molecule has 1 fully saturated rings. The lowest BCUT2D eigenvalue weighted by Crippen LogP contribution is -2.53. The first-order valence-electron chi connectivity index (χ1n) is 5.79. The minimum atomic E-state index is 0.121.